The number of halogens is 3. The Morgan fingerprint density at radius 3 is 2.46 bits per heavy atom. The lowest BCUT2D eigenvalue weighted by Gasteiger charge is -2.06. The van der Waals surface area contributed by atoms with Crippen molar-refractivity contribution >= 4 is 11.8 Å². The number of hydrogen-bond donors (Lipinski definition) is 3. The van der Waals surface area contributed by atoms with Crippen LogP contribution in [0.5, 0.6) is 5.75 Å². The quantitative estimate of drug-likeness (QED) is 0.702. The summed E-state index contributed by atoms with van der Waals surface area (Å²) >= 11 is 0. The summed E-state index contributed by atoms with van der Waals surface area (Å²) in [4.78, 5) is 26.5. The van der Waals surface area contributed by atoms with Gasteiger partial charge in [-0.25, -0.2) is 0 Å². The fourth-order valence-electron chi connectivity index (χ4n) is 2.11. The summed E-state index contributed by atoms with van der Waals surface area (Å²) in [5.74, 6) is -1.13. The molecule has 0 bridgehead atoms. The van der Waals surface area contributed by atoms with Crippen molar-refractivity contribution in [2.45, 2.75) is 19.2 Å². The zero-order chi connectivity index (χ0) is 19.2. The molecule has 3 N–H and O–H groups in total. The molecular weight excluding hydrogens is 351 g/mol. The molecule has 0 spiro atoms. The second-order valence-electron chi connectivity index (χ2n) is 5.40. The van der Waals surface area contributed by atoms with Gasteiger partial charge in [-0.2, -0.15) is 13.2 Å². The van der Waals surface area contributed by atoms with Gasteiger partial charge >= 0.3 is 6.18 Å². The molecule has 0 fully saturated rings. The van der Waals surface area contributed by atoms with Crippen molar-refractivity contribution < 1.29 is 27.5 Å². The van der Waals surface area contributed by atoms with E-state index >= 15 is 0 Å². The van der Waals surface area contributed by atoms with Crippen LogP contribution < -0.4 is 15.4 Å². The van der Waals surface area contributed by atoms with Crippen LogP contribution >= 0.6 is 0 Å². The highest BCUT2D eigenvalue weighted by Gasteiger charge is 2.27. The van der Waals surface area contributed by atoms with Crippen LogP contribution in [0.1, 0.15) is 33.0 Å². The lowest BCUT2D eigenvalue weighted by atomic mass is 10.2. The van der Waals surface area contributed by atoms with Gasteiger partial charge in [-0.15, -0.1) is 0 Å². The number of hydrogen-bond acceptors (Lipinski definition) is 3. The van der Waals surface area contributed by atoms with Gasteiger partial charge in [0.15, 0.2) is 5.75 Å². The number of alkyl halides is 3. The highest BCUT2D eigenvalue weighted by atomic mass is 19.4. The van der Waals surface area contributed by atoms with Gasteiger partial charge in [0.1, 0.15) is 18.0 Å². The predicted molar refractivity (Wildman–Crippen MR) is 88.0 cm³/mol. The first-order valence-corrected chi connectivity index (χ1v) is 7.77. The van der Waals surface area contributed by atoms with Crippen molar-refractivity contribution in [2.24, 2.45) is 0 Å². The molecule has 2 rings (SSSR count). The van der Waals surface area contributed by atoms with Crippen molar-refractivity contribution in [2.75, 3.05) is 13.6 Å². The second kappa shape index (κ2) is 8.41. The average molecular weight is 369 g/mol. The molecule has 0 saturated heterocycles. The first-order valence-electron chi connectivity index (χ1n) is 7.77. The van der Waals surface area contributed by atoms with Gasteiger partial charge in [-0.1, -0.05) is 30.3 Å². The minimum absolute atomic E-state index is 0.0180. The number of amides is 2. The van der Waals surface area contributed by atoms with Crippen LogP contribution in [0.15, 0.2) is 36.4 Å². The van der Waals surface area contributed by atoms with Crippen LogP contribution in [0.2, 0.25) is 0 Å². The van der Waals surface area contributed by atoms with Crippen LogP contribution in [0, 0.1) is 0 Å². The summed E-state index contributed by atoms with van der Waals surface area (Å²) in [6, 6.07) is 10.5. The van der Waals surface area contributed by atoms with E-state index in [1.807, 2.05) is 30.3 Å². The van der Waals surface area contributed by atoms with Crippen LogP contribution in [0.25, 0.3) is 0 Å². The summed E-state index contributed by atoms with van der Waals surface area (Å²) < 4.78 is 42.1. The molecule has 26 heavy (non-hydrogen) atoms. The van der Waals surface area contributed by atoms with Crippen LogP contribution in [-0.2, 0) is 6.61 Å². The first-order chi connectivity index (χ1) is 12.3. The molecule has 0 saturated carbocycles. The lowest BCUT2D eigenvalue weighted by Crippen LogP contribution is -2.28. The molecule has 2 amide bonds. The van der Waals surface area contributed by atoms with Gasteiger partial charge in [-0.3, -0.25) is 9.59 Å². The first kappa shape index (κ1) is 19.4. The molecule has 0 aliphatic carbocycles. The Labute approximate surface area is 147 Å². The smallest absolute Gasteiger partial charge is 0.390 e. The van der Waals surface area contributed by atoms with Crippen molar-refractivity contribution in [3.63, 3.8) is 0 Å². The number of carbonyl (C=O) groups excluding carboxylic acids is 2. The van der Waals surface area contributed by atoms with Gasteiger partial charge in [0, 0.05) is 19.7 Å². The van der Waals surface area contributed by atoms with Crippen molar-refractivity contribution in [1.29, 1.82) is 0 Å². The minimum atomic E-state index is -4.36. The highest BCUT2D eigenvalue weighted by molar-refractivity contribution is 5.99. The van der Waals surface area contributed by atoms with Gasteiger partial charge in [0.25, 0.3) is 11.8 Å². The molecule has 0 unspecified atom stereocenters. The fraction of sp³-hybridized carbons (Fsp3) is 0.294. The largest absolute Gasteiger partial charge is 0.486 e. The number of aromatic amines is 1. The number of H-pyrrole nitrogens is 1. The maximum absolute atomic E-state index is 12.2. The summed E-state index contributed by atoms with van der Waals surface area (Å²) in [6.45, 7) is -0.394. The summed E-state index contributed by atoms with van der Waals surface area (Å²) in [6.07, 6.45) is -5.50. The number of aromatic nitrogens is 1. The van der Waals surface area contributed by atoms with Gasteiger partial charge < -0.3 is 20.4 Å². The number of benzene rings is 1. The zero-order valence-electron chi connectivity index (χ0n) is 13.9. The Hall–Kier alpha value is -2.97. The van der Waals surface area contributed by atoms with Gasteiger partial charge in [0.2, 0.25) is 0 Å². The summed E-state index contributed by atoms with van der Waals surface area (Å²) in [5.41, 5.74) is 0.811. The average Bonchev–Trinajstić information content (AvgIpc) is 3.03. The van der Waals surface area contributed by atoms with Gasteiger partial charge in [-0.05, 0) is 5.56 Å². The zero-order valence-corrected chi connectivity index (χ0v) is 13.9. The highest BCUT2D eigenvalue weighted by Crippen LogP contribution is 2.22. The molecule has 0 aliphatic heterocycles. The third-order valence-electron chi connectivity index (χ3n) is 3.41. The fourth-order valence-corrected chi connectivity index (χ4v) is 2.11. The third-order valence-corrected chi connectivity index (χ3v) is 3.41. The monoisotopic (exact) mass is 369 g/mol. The van der Waals surface area contributed by atoms with E-state index in [0.717, 1.165) is 5.56 Å². The standard InChI is InChI=1S/C17H18F3N3O3/c1-21-16(25)14-13(26-10-11-5-3-2-4-6-11)9-12(23-14)15(24)22-8-7-17(18,19)20/h2-6,9,23H,7-8,10H2,1H3,(H,21,25)(H,22,24). The number of nitrogens with one attached hydrogen (secondary N) is 3. The Morgan fingerprint density at radius 2 is 1.85 bits per heavy atom. The molecule has 0 atom stereocenters. The second-order valence-corrected chi connectivity index (χ2v) is 5.40. The Bertz CT molecular complexity index is 758. The van der Waals surface area contributed by atoms with E-state index < -0.39 is 31.0 Å². The molecule has 6 nitrogen and oxygen atoms in total. The summed E-state index contributed by atoms with van der Waals surface area (Å²) in [5, 5.41) is 4.55. The Balaban J connectivity index is 2.09. The molecule has 1 heterocycles. The van der Waals surface area contributed by atoms with Crippen LogP contribution in [0.3, 0.4) is 0 Å². The van der Waals surface area contributed by atoms with Crippen LogP contribution in [0.4, 0.5) is 13.2 Å². The summed E-state index contributed by atoms with van der Waals surface area (Å²) in [7, 11) is 1.41. The third kappa shape index (κ3) is 5.54. The molecule has 1 aromatic carbocycles. The maximum Gasteiger partial charge on any atom is 0.390 e. The Kier molecular flexibility index (Phi) is 6.26. The number of ether oxygens (including phenoxy) is 1. The molecule has 0 radical (unpaired) electrons. The normalized spacial score (nSPS) is 11.1. The van der Waals surface area contributed by atoms with Crippen LogP contribution in [-0.4, -0.2) is 36.6 Å². The van der Waals surface area contributed by atoms with Crippen molar-refractivity contribution in [1.82, 2.24) is 15.6 Å². The van der Waals surface area contributed by atoms with Crippen molar-refractivity contribution in [3.05, 3.63) is 53.3 Å². The van der Waals surface area contributed by atoms with E-state index in [4.69, 9.17) is 4.74 Å². The van der Waals surface area contributed by atoms with E-state index in [9.17, 15) is 22.8 Å². The Morgan fingerprint density at radius 1 is 1.15 bits per heavy atom. The molecular formula is C17H18F3N3O3. The number of carbonyl (C=O) groups is 2. The van der Waals surface area contributed by atoms with Gasteiger partial charge in [0.05, 0.1) is 6.42 Å². The molecule has 2 aromatic rings. The van der Waals surface area contributed by atoms with E-state index in [1.54, 1.807) is 0 Å². The predicted octanol–water partition coefficient (Wildman–Crippen LogP) is 2.64. The lowest BCUT2D eigenvalue weighted by molar-refractivity contribution is -0.133. The number of rotatable bonds is 7. The molecule has 0 aliphatic rings. The van der Waals surface area contributed by atoms with E-state index in [-0.39, 0.29) is 23.7 Å². The topological polar surface area (TPSA) is 83.2 Å². The van der Waals surface area contributed by atoms with Crippen molar-refractivity contribution in [3.8, 4) is 5.75 Å². The SMILES string of the molecule is CNC(=O)c1[nH]c(C(=O)NCCC(F)(F)F)cc1OCc1ccccc1. The molecule has 9 heteroatoms. The van der Waals surface area contributed by atoms with E-state index in [2.05, 4.69) is 15.6 Å². The molecule has 140 valence electrons. The minimum Gasteiger partial charge on any atom is -0.486 e. The molecule has 1 aromatic heterocycles. The van der Waals surface area contributed by atoms with E-state index in [1.165, 1.54) is 13.1 Å². The maximum atomic E-state index is 12.2. The van der Waals surface area contributed by atoms with E-state index in [0.29, 0.717) is 0 Å².